The number of anilines is 1. The van der Waals surface area contributed by atoms with E-state index in [4.69, 9.17) is 35.4 Å². The molecule has 8 heteroatoms. The molecule has 0 saturated carbocycles. The number of nitrogens with zero attached hydrogens (tertiary/aromatic N) is 2. The van der Waals surface area contributed by atoms with E-state index in [-0.39, 0.29) is 28.1 Å². The number of hydrogen-bond donors (Lipinski definition) is 1. The number of benzene rings is 3. The Morgan fingerprint density at radius 2 is 1.50 bits per heavy atom. The third-order valence-corrected chi connectivity index (χ3v) is 6.68. The van der Waals surface area contributed by atoms with E-state index >= 15 is 0 Å². The van der Waals surface area contributed by atoms with Gasteiger partial charge in [0.1, 0.15) is 6.04 Å². The summed E-state index contributed by atoms with van der Waals surface area (Å²) in [5.74, 6) is -0.752. The van der Waals surface area contributed by atoms with Gasteiger partial charge in [-0.1, -0.05) is 89.9 Å². The normalized spacial score (nSPS) is 15.5. The number of thiocarbonyl (C=S) groups is 1. The molecule has 2 amide bonds. The first-order valence-corrected chi connectivity index (χ1v) is 12.0. The van der Waals surface area contributed by atoms with E-state index in [0.717, 1.165) is 16.0 Å². The molecule has 174 valence electrons. The molecule has 1 N–H and O–H groups in total. The maximum absolute atomic E-state index is 13.5. The molecule has 1 heterocycles. The van der Waals surface area contributed by atoms with Crippen molar-refractivity contribution in [1.82, 2.24) is 10.2 Å². The number of carbonyl (C=O) groups is 2. The fourth-order valence-corrected chi connectivity index (χ4v) is 4.82. The van der Waals surface area contributed by atoms with E-state index in [1.807, 2.05) is 60.7 Å². The average molecular weight is 512 g/mol. The van der Waals surface area contributed by atoms with Crippen LogP contribution < -0.4 is 10.2 Å². The molecule has 0 spiro atoms. The van der Waals surface area contributed by atoms with Crippen LogP contribution in [0.2, 0.25) is 10.0 Å². The van der Waals surface area contributed by atoms with E-state index in [0.29, 0.717) is 24.6 Å². The number of amides is 2. The van der Waals surface area contributed by atoms with Crippen molar-refractivity contribution in [2.75, 3.05) is 11.4 Å². The molecular formula is C26H23Cl2N3O2S. The molecule has 0 radical (unpaired) electrons. The first kappa shape index (κ1) is 24.2. The summed E-state index contributed by atoms with van der Waals surface area (Å²) in [6.45, 7) is 0.981. The Bertz CT molecular complexity index is 1170. The third kappa shape index (κ3) is 5.41. The highest BCUT2D eigenvalue weighted by Crippen LogP contribution is 2.37. The average Bonchev–Trinajstić information content (AvgIpc) is 3.13. The number of imide groups is 1. The van der Waals surface area contributed by atoms with Crippen molar-refractivity contribution < 1.29 is 9.59 Å². The van der Waals surface area contributed by atoms with Crippen LogP contribution in [0.1, 0.15) is 17.5 Å². The number of para-hydroxylation sites is 1. The van der Waals surface area contributed by atoms with Crippen LogP contribution in [0.25, 0.3) is 0 Å². The first-order chi connectivity index (χ1) is 16.5. The van der Waals surface area contributed by atoms with Gasteiger partial charge in [0.25, 0.3) is 5.91 Å². The molecule has 0 aromatic heterocycles. The van der Waals surface area contributed by atoms with Gasteiger partial charge < -0.3 is 10.2 Å². The second-order valence-corrected chi connectivity index (χ2v) is 9.13. The van der Waals surface area contributed by atoms with Crippen LogP contribution in [0.4, 0.5) is 5.69 Å². The quantitative estimate of drug-likeness (QED) is 0.347. The SMILES string of the molecule is O=C1C[C@@H](N(CCc2ccccc2)C(=S)NCc2ccccc2)C(=O)N1c1c(Cl)cccc1Cl. The molecule has 3 aromatic rings. The van der Waals surface area contributed by atoms with Crippen molar-refractivity contribution in [1.29, 1.82) is 0 Å². The Labute approximate surface area is 214 Å². The van der Waals surface area contributed by atoms with Crippen LogP contribution in [0.5, 0.6) is 0 Å². The fourth-order valence-electron chi connectivity index (χ4n) is 3.97. The predicted molar refractivity (Wildman–Crippen MR) is 140 cm³/mol. The van der Waals surface area contributed by atoms with Gasteiger partial charge in [-0.2, -0.15) is 0 Å². The van der Waals surface area contributed by atoms with Gasteiger partial charge in [0, 0.05) is 13.1 Å². The Balaban J connectivity index is 1.57. The molecule has 0 unspecified atom stereocenters. The largest absolute Gasteiger partial charge is 0.358 e. The molecule has 0 bridgehead atoms. The molecule has 1 atom stereocenters. The van der Waals surface area contributed by atoms with Crippen molar-refractivity contribution >= 4 is 58.0 Å². The Hall–Kier alpha value is -2.93. The molecular weight excluding hydrogens is 489 g/mol. The van der Waals surface area contributed by atoms with Crippen molar-refractivity contribution in [3.63, 3.8) is 0 Å². The second-order valence-electron chi connectivity index (χ2n) is 7.93. The predicted octanol–water partition coefficient (Wildman–Crippen LogP) is 5.24. The van der Waals surface area contributed by atoms with Crippen molar-refractivity contribution in [3.05, 3.63) is 100 Å². The number of halogens is 2. The van der Waals surface area contributed by atoms with E-state index < -0.39 is 11.9 Å². The molecule has 1 aliphatic heterocycles. The van der Waals surface area contributed by atoms with Gasteiger partial charge >= 0.3 is 0 Å². The first-order valence-electron chi connectivity index (χ1n) is 10.9. The summed E-state index contributed by atoms with van der Waals surface area (Å²) in [5, 5.41) is 4.15. The van der Waals surface area contributed by atoms with Gasteiger partial charge in [0.15, 0.2) is 5.11 Å². The number of carbonyl (C=O) groups excluding carboxylic acids is 2. The van der Waals surface area contributed by atoms with E-state index in [1.165, 1.54) is 0 Å². The number of rotatable bonds is 7. The van der Waals surface area contributed by atoms with Crippen LogP contribution in [0, 0.1) is 0 Å². The van der Waals surface area contributed by atoms with Crippen LogP contribution in [0.15, 0.2) is 78.9 Å². The monoisotopic (exact) mass is 511 g/mol. The van der Waals surface area contributed by atoms with Crippen molar-refractivity contribution in [3.8, 4) is 0 Å². The maximum Gasteiger partial charge on any atom is 0.257 e. The van der Waals surface area contributed by atoms with Crippen LogP contribution in [-0.2, 0) is 22.6 Å². The minimum absolute atomic E-state index is 0.0116. The van der Waals surface area contributed by atoms with Crippen LogP contribution in [0.3, 0.4) is 0 Å². The molecule has 3 aromatic carbocycles. The zero-order valence-electron chi connectivity index (χ0n) is 18.3. The minimum atomic E-state index is -0.751. The van der Waals surface area contributed by atoms with Crippen LogP contribution in [-0.4, -0.2) is 34.4 Å². The molecule has 4 rings (SSSR count). The summed E-state index contributed by atoms with van der Waals surface area (Å²) in [5.41, 5.74) is 2.39. The van der Waals surface area contributed by atoms with Crippen molar-refractivity contribution in [2.24, 2.45) is 0 Å². The summed E-state index contributed by atoms with van der Waals surface area (Å²) in [6, 6.07) is 23.9. The van der Waals surface area contributed by atoms with Gasteiger partial charge in [0.05, 0.1) is 22.2 Å². The summed E-state index contributed by atoms with van der Waals surface area (Å²) in [7, 11) is 0. The van der Waals surface area contributed by atoms with E-state index in [2.05, 4.69) is 5.32 Å². The van der Waals surface area contributed by atoms with Gasteiger partial charge in [-0.15, -0.1) is 0 Å². The topological polar surface area (TPSA) is 52.7 Å². The fraction of sp³-hybridized carbons (Fsp3) is 0.192. The zero-order chi connectivity index (χ0) is 24.1. The van der Waals surface area contributed by atoms with E-state index in [9.17, 15) is 9.59 Å². The lowest BCUT2D eigenvalue weighted by molar-refractivity contribution is -0.122. The van der Waals surface area contributed by atoms with Gasteiger partial charge in [-0.3, -0.25) is 9.59 Å². The summed E-state index contributed by atoms with van der Waals surface area (Å²) >= 11 is 18.3. The van der Waals surface area contributed by atoms with Crippen molar-refractivity contribution in [2.45, 2.75) is 25.4 Å². The number of hydrogen-bond acceptors (Lipinski definition) is 3. The van der Waals surface area contributed by atoms with Gasteiger partial charge in [-0.05, 0) is 41.9 Å². The lowest BCUT2D eigenvalue weighted by Crippen LogP contribution is -2.50. The lowest BCUT2D eigenvalue weighted by Gasteiger charge is -2.30. The molecule has 5 nitrogen and oxygen atoms in total. The Morgan fingerprint density at radius 3 is 2.12 bits per heavy atom. The van der Waals surface area contributed by atoms with Gasteiger partial charge in [-0.25, -0.2) is 4.90 Å². The van der Waals surface area contributed by atoms with E-state index in [1.54, 1.807) is 23.1 Å². The standard InChI is InChI=1S/C26H23Cl2N3O2S/c27-20-12-7-13-21(28)24(20)31-23(32)16-22(25(31)33)30(15-14-18-8-3-1-4-9-18)26(34)29-17-19-10-5-2-6-11-19/h1-13,22H,14-17H2,(H,29,34)/t22-/m1/s1. The highest BCUT2D eigenvalue weighted by atomic mass is 35.5. The molecule has 1 aliphatic rings. The smallest absolute Gasteiger partial charge is 0.257 e. The molecule has 1 saturated heterocycles. The summed E-state index contributed by atoms with van der Waals surface area (Å²) in [4.78, 5) is 29.4. The minimum Gasteiger partial charge on any atom is -0.358 e. The van der Waals surface area contributed by atoms with Crippen LogP contribution >= 0.6 is 35.4 Å². The highest BCUT2D eigenvalue weighted by Gasteiger charge is 2.44. The second kappa shape index (κ2) is 11.0. The number of nitrogens with one attached hydrogen (secondary N) is 1. The lowest BCUT2D eigenvalue weighted by atomic mass is 10.1. The molecule has 1 fully saturated rings. The maximum atomic E-state index is 13.5. The zero-order valence-corrected chi connectivity index (χ0v) is 20.6. The summed E-state index contributed by atoms with van der Waals surface area (Å²) in [6.07, 6.45) is 0.654. The Kier molecular flexibility index (Phi) is 7.83. The Morgan fingerprint density at radius 1 is 0.912 bits per heavy atom. The molecule has 0 aliphatic carbocycles. The van der Waals surface area contributed by atoms with Gasteiger partial charge in [0.2, 0.25) is 5.91 Å². The molecule has 34 heavy (non-hydrogen) atoms. The highest BCUT2D eigenvalue weighted by molar-refractivity contribution is 7.80. The summed E-state index contributed by atoms with van der Waals surface area (Å²) < 4.78 is 0. The third-order valence-electron chi connectivity index (χ3n) is 5.69.